The van der Waals surface area contributed by atoms with E-state index < -0.39 is 5.60 Å². The molecule has 0 bridgehead atoms. The quantitative estimate of drug-likeness (QED) is 0.328. The minimum Gasteiger partial charge on any atom is -0.832 e. The summed E-state index contributed by atoms with van der Waals surface area (Å²) in [7, 11) is 3.79. The lowest BCUT2D eigenvalue weighted by atomic mass is 9.83. The van der Waals surface area contributed by atoms with Gasteiger partial charge in [-0.05, 0) is 35.4 Å². The molecule has 1 heterocycles. The molecule has 0 saturated carbocycles. The van der Waals surface area contributed by atoms with Crippen molar-refractivity contribution < 1.29 is 9.67 Å². The van der Waals surface area contributed by atoms with E-state index in [0.717, 1.165) is 15.7 Å². The number of hydrogen-bond acceptors (Lipinski definition) is 2. The number of aromatic nitrogens is 2. The van der Waals surface area contributed by atoms with Gasteiger partial charge in [0, 0.05) is 4.47 Å². The van der Waals surface area contributed by atoms with Crippen LogP contribution in [0.15, 0.2) is 107 Å². The number of aliphatic imine (C=N–C) groups is 1. The van der Waals surface area contributed by atoms with E-state index in [1.165, 1.54) is 0 Å². The first-order valence-corrected chi connectivity index (χ1v) is 10.5. The van der Waals surface area contributed by atoms with E-state index in [9.17, 15) is 0 Å². The average Bonchev–Trinajstić information content (AvgIpc) is 3.12. The molecule has 4 nitrogen and oxygen atoms in total. The highest BCUT2D eigenvalue weighted by Crippen LogP contribution is 2.32. The first-order chi connectivity index (χ1) is 14.5. The van der Waals surface area contributed by atoms with Crippen molar-refractivity contribution >= 4 is 27.3 Å². The van der Waals surface area contributed by atoms with Gasteiger partial charge >= 0.3 is 0 Å². The Morgan fingerprint density at radius 2 is 1.53 bits per heavy atom. The Labute approximate surface area is 184 Å². The third-order valence-electron chi connectivity index (χ3n) is 5.13. The normalized spacial score (nSPS) is 13.8. The average molecular weight is 460 g/mol. The zero-order valence-corrected chi connectivity index (χ0v) is 18.5. The van der Waals surface area contributed by atoms with Gasteiger partial charge < -0.3 is 5.11 Å². The first kappa shape index (κ1) is 20.3. The van der Waals surface area contributed by atoms with Gasteiger partial charge in [0.2, 0.25) is 0 Å². The number of benzene rings is 3. The van der Waals surface area contributed by atoms with Crippen LogP contribution in [0.25, 0.3) is 0 Å². The number of aryl methyl sites for hydroxylation is 2. The molecule has 4 aromatic rings. The Balaban J connectivity index is 2.06. The first-order valence-electron chi connectivity index (χ1n) is 9.67. The van der Waals surface area contributed by atoms with E-state index in [4.69, 9.17) is 4.99 Å². The van der Waals surface area contributed by atoms with Gasteiger partial charge in [-0.2, -0.15) is 0 Å². The second-order valence-electron chi connectivity index (χ2n) is 7.19. The molecule has 0 saturated heterocycles. The van der Waals surface area contributed by atoms with Crippen LogP contribution in [0, 0.1) is 0 Å². The fourth-order valence-electron chi connectivity index (χ4n) is 3.72. The minimum absolute atomic E-state index is 0.453. The predicted octanol–water partition coefficient (Wildman–Crippen LogP) is 4.04. The van der Waals surface area contributed by atoms with Crippen molar-refractivity contribution in [2.24, 2.45) is 19.1 Å². The van der Waals surface area contributed by atoms with Crippen LogP contribution in [0.5, 0.6) is 0 Å². The van der Waals surface area contributed by atoms with Crippen molar-refractivity contribution in [2.45, 2.75) is 5.60 Å². The van der Waals surface area contributed by atoms with Crippen molar-refractivity contribution in [3.8, 4) is 0 Å². The van der Waals surface area contributed by atoms with Crippen LogP contribution in [-0.2, 0) is 19.7 Å². The Hall–Kier alpha value is -3.02. The summed E-state index contributed by atoms with van der Waals surface area (Å²) in [6, 6.07) is 26.8. The maximum absolute atomic E-state index is 15.0. The smallest absolute Gasteiger partial charge is 0.256 e. The van der Waals surface area contributed by atoms with Gasteiger partial charge in [-0.1, -0.05) is 76.6 Å². The molecule has 1 aromatic heterocycles. The molecule has 4 rings (SSSR count). The van der Waals surface area contributed by atoms with Gasteiger partial charge in [-0.25, -0.2) is 9.13 Å². The van der Waals surface area contributed by atoms with Crippen LogP contribution in [0.1, 0.15) is 17.0 Å². The van der Waals surface area contributed by atoms with Gasteiger partial charge in [0.1, 0.15) is 12.4 Å². The Morgan fingerprint density at radius 3 is 2.10 bits per heavy atom. The molecule has 0 spiro atoms. The molecule has 150 valence electrons. The zero-order chi connectivity index (χ0) is 21.1. The van der Waals surface area contributed by atoms with Crippen LogP contribution >= 0.6 is 15.9 Å². The number of halogens is 1. The van der Waals surface area contributed by atoms with E-state index in [1.807, 2.05) is 121 Å². The predicted molar refractivity (Wildman–Crippen MR) is 121 cm³/mol. The van der Waals surface area contributed by atoms with E-state index in [-0.39, 0.29) is 0 Å². The number of hydrogen-bond donors (Lipinski definition) is 0. The summed E-state index contributed by atoms with van der Waals surface area (Å²) >= 11 is 3.48. The SMILES string of the molecule is Cn1cc[n+](C)c1C([O-])(C(=Nc1ccccc1)c1ccccc1)c1ccc(Br)cc1. The summed E-state index contributed by atoms with van der Waals surface area (Å²) in [6.45, 7) is 0. The van der Waals surface area contributed by atoms with Crippen molar-refractivity contribution in [1.82, 2.24) is 4.57 Å². The lowest BCUT2D eigenvalue weighted by Gasteiger charge is -2.39. The molecule has 0 aliphatic rings. The van der Waals surface area contributed by atoms with Crippen molar-refractivity contribution in [3.05, 3.63) is 119 Å². The van der Waals surface area contributed by atoms with Crippen LogP contribution in [-0.4, -0.2) is 10.3 Å². The molecule has 0 N–H and O–H groups in total. The third-order valence-corrected chi connectivity index (χ3v) is 5.65. The highest BCUT2D eigenvalue weighted by atomic mass is 79.9. The molecule has 1 unspecified atom stereocenters. The van der Waals surface area contributed by atoms with E-state index in [1.54, 1.807) is 0 Å². The topological polar surface area (TPSA) is 44.2 Å². The number of imidazole rings is 1. The molecule has 0 aliphatic heterocycles. The molecule has 5 heteroatoms. The number of rotatable bonds is 5. The molecule has 0 radical (unpaired) electrons. The third kappa shape index (κ3) is 3.74. The van der Waals surface area contributed by atoms with Gasteiger partial charge in [0.25, 0.3) is 5.82 Å². The Morgan fingerprint density at radius 1 is 0.933 bits per heavy atom. The number of nitrogens with zero attached hydrogens (tertiary/aromatic N) is 3. The largest absolute Gasteiger partial charge is 0.832 e. The lowest BCUT2D eigenvalue weighted by molar-refractivity contribution is -0.696. The monoisotopic (exact) mass is 459 g/mol. The van der Waals surface area contributed by atoms with Gasteiger partial charge in [-0.3, -0.25) is 4.99 Å². The molecule has 0 amide bonds. The molecule has 0 fully saturated rings. The minimum atomic E-state index is -1.73. The molecule has 0 aliphatic carbocycles. The van der Waals surface area contributed by atoms with Gasteiger partial charge in [0.15, 0.2) is 0 Å². The molecule has 3 aromatic carbocycles. The second-order valence-corrected chi connectivity index (χ2v) is 8.11. The highest BCUT2D eigenvalue weighted by molar-refractivity contribution is 9.10. The van der Waals surface area contributed by atoms with Crippen molar-refractivity contribution in [3.63, 3.8) is 0 Å². The summed E-state index contributed by atoms with van der Waals surface area (Å²) in [5.41, 5.74) is 0.881. The summed E-state index contributed by atoms with van der Waals surface area (Å²) in [6.07, 6.45) is 3.79. The van der Waals surface area contributed by atoms with Crippen LogP contribution < -0.4 is 9.67 Å². The maximum Gasteiger partial charge on any atom is 0.256 e. The summed E-state index contributed by atoms with van der Waals surface area (Å²) in [5.74, 6) is 0.600. The second kappa shape index (κ2) is 8.38. The van der Waals surface area contributed by atoms with E-state index in [0.29, 0.717) is 17.1 Å². The standard InChI is InChI=1S/C25H22BrN3O/c1-28-17-18-29(2)24(28)25(30,20-13-15-21(26)16-14-20)23(19-9-5-3-6-10-19)27-22-11-7-4-8-12-22/h3-18H,1-2H3. The van der Waals surface area contributed by atoms with Crippen LogP contribution in [0.2, 0.25) is 0 Å². The fourth-order valence-corrected chi connectivity index (χ4v) is 3.98. The number of para-hydroxylation sites is 1. The zero-order valence-electron chi connectivity index (χ0n) is 16.9. The highest BCUT2D eigenvalue weighted by Gasteiger charge is 2.38. The van der Waals surface area contributed by atoms with Crippen LogP contribution in [0.4, 0.5) is 5.69 Å². The van der Waals surface area contributed by atoms with Crippen molar-refractivity contribution in [1.29, 1.82) is 0 Å². The van der Waals surface area contributed by atoms with E-state index in [2.05, 4.69) is 15.9 Å². The molecule has 1 atom stereocenters. The Kier molecular flexibility index (Phi) is 5.66. The Bertz CT molecular complexity index is 1150. The molecular weight excluding hydrogens is 438 g/mol. The van der Waals surface area contributed by atoms with Crippen molar-refractivity contribution in [2.75, 3.05) is 0 Å². The lowest BCUT2D eigenvalue weighted by Crippen LogP contribution is -2.57. The molecule has 30 heavy (non-hydrogen) atoms. The maximum atomic E-state index is 15.0. The molecular formula is C25H22BrN3O. The summed E-state index contributed by atoms with van der Waals surface area (Å²) < 4.78 is 4.67. The van der Waals surface area contributed by atoms with E-state index >= 15 is 5.11 Å². The summed E-state index contributed by atoms with van der Waals surface area (Å²) in [4.78, 5) is 4.90. The summed E-state index contributed by atoms with van der Waals surface area (Å²) in [5, 5.41) is 15.0. The van der Waals surface area contributed by atoms with Gasteiger partial charge in [0.05, 0.1) is 31.1 Å². The van der Waals surface area contributed by atoms with Crippen LogP contribution in [0.3, 0.4) is 0 Å². The fraction of sp³-hybridized carbons (Fsp3) is 0.120. The van der Waals surface area contributed by atoms with Gasteiger partial charge in [-0.15, -0.1) is 0 Å².